The van der Waals surface area contributed by atoms with Crippen molar-refractivity contribution >= 4 is 11.8 Å². The first kappa shape index (κ1) is 19.9. The maximum atomic E-state index is 13.6. The Hall–Kier alpha value is -2.80. The van der Waals surface area contributed by atoms with Crippen molar-refractivity contribution in [2.75, 3.05) is 19.6 Å². The van der Waals surface area contributed by atoms with E-state index < -0.39 is 5.82 Å². The van der Waals surface area contributed by atoms with Crippen LogP contribution in [0, 0.1) is 11.6 Å². The number of benzene rings is 2. The molecule has 3 rings (SSSR count). The molecule has 0 bridgehead atoms. The van der Waals surface area contributed by atoms with E-state index in [-0.39, 0.29) is 30.2 Å². The minimum atomic E-state index is -0.437. The monoisotopic (exact) mass is 388 g/mol. The van der Waals surface area contributed by atoms with Gasteiger partial charge in [0.25, 0.3) is 11.8 Å². The first-order valence-corrected chi connectivity index (χ1v) is 9.41. The van der Waals surface area contributed by atoms with Crippen molar-refractivity contribution in [2.24, 2.45) is 0 Å². The van der Waals surface area contributed by atoms with E-state index in [1.54, 1.807) is 24.3 Å². The zero-order valence-electron chi connectivity index (χ0n) is 15.5. The third-order valence-corrected chi connectivity index (χ3v) is 4.96. The molecule has 0 unspecified atom stereocenters. The summed E-state index contributed by atoms with van der Waals surface area (Å²) in [7, 11) is 0. The molecule has 1 fully saturated rings. The van der Waals surface area contributed by atoms with Crippen LogP contribution in [0.1, 0.15) is 28.8 Å². The molecule has 2 aromatic carbocycles. The number of hydrogen-bond acceptors (Lipinski definition) is 2. The van der Waals surface area contributed by atoms with Gasteiger partial charge in [-0.15, -0.1) is 0 Å². The number of piperidine rings is 1. The van der Waals surface area contributed by atoms with Gasteiger partial charge in [-0.2, -0.15) is 0 Å². The molecule has 0 atom stereocenters. The predicted octanol–water partition coefficient (Wildman–Crippen LogP) is 1.06. The third kappa shape index (κ3) is 5.60. The van der Waals surface area contributed by atoms with Crippen LogP contribution < -0.4 is 15.5 Å². The molecule has 1 heterocycles. The van der Waals surface area contributed by atoms with Crippen molar-refractivity contribution in [1.82, 2.24) is 10.6 Å². The second-order valence-corrected chi connectivity index (χ2v) is 7.05. The van der Waals surface area contributed by atoms with Gasteiger partial charge in [0.05, 0.1) is 13.1 Å². The lowest BCUT2D eigenvalue weighted by atomic mass is 10.0. The smallest absolute Gasteiger partial charge is 0.275 e. The average molecular weight is 388 g/mol. The maximum absolute atomic E-state index is 13.6. The number of rotatable bonds is 6. The average Bonchev–Trinajstić information content (AvgIpc) is 2.69. The normalized spacial score (nSPS) is 19.1. The van der Waals surface area contributed by atoms with Gasteiger partial charge in [-0.05, 0) is 24.3 Å². The highest BCUT2D eigenvalue weighted by atomic mass is 19.1. The molecule has 0 saturated carbocycles. The SMILES string of the molecule is O=C(C[NH+]1CCC(NC(=O)c2cccc(F)c2)CC1)NCc1ccccc1F. The molecule has 0 aliphatic carbocycles. The predicted molar refractivity (Wildman–Crippen MR) is 101 cm³/mol. The fourth-order valence-corrected chi connectivity index (χ4v) is 3.37. The lowest BCUT2D eigenvalue weighted by Gasteiger charge is -2.29. The summed E-state index contributed by atoms with van der Waals surface area (Å²) in [6, 6.07) is 12.0. The Morgan fingerprint density at radius 2 is 1.79 bits per heavy atom. The lowest BCUT2D eigenvalue weighted by molar-refractivity contribution is -0.897. The minimum Gasteiger partial charge on any atom is -0.349 e. The zero-order chi connectivity index (χ0) is 19.9. The van der Waals surface area contributed by atoms with Crippen LogP contribution in [0.5, 0.6) is 0 Å². The highest BCUT2D eigenvalue weighted by Gasteiger charge is 2.25. The Bertz CT molecular complexity index is 836. The topological polar surface area (TPSA) is 62.6 Å². The molecule has 1 aliphatic rings. The number of likely N-dealkylation sites (tertiary alicyclic amines) is 1. The lowest BCUT2D eigenvalue weighted by Crippen LogP contribution is -3.14. The fourth-order valence-electron chi connectivity index (χ4n) is 3.37. The van der Waals surface area contributed by atoms with Crippen LogP contribution in [0.3, 0.4) is 0 Å². The number of quaternary nitrogens is 1. The molecule has 0 radical (unpaired) electrons. The van der Waals surface area contributed by atoms with Crippen LogP contribution in [-0.4, -0.2) is 37.5 Å². The number of carbonyl (C=O) groups is 2. The highest BCUT2D eigenvalue weighted by molar-refractivity contribution is 5.94. The van der Waals surface area contributed by atoms with Crippen molar-refractivity contribution in [3.63, 3.8) is 0 Å². The molecule has 1 saturated heterocycles. The van der Waals surface area contributed by atoms with Gasteiger partial charge in [0, 0.05) is 36.6 Å². The van der Waals surface area contributed by atoms with Crippen molar-refractivity contribution in [3.05, 3.63) is 71.3 Å². The number of nitrogens with one attached hydrogen (secondary N) is 3. The largest absolute Gasteiger partial charge is 0.349 e. The van der Waals surface area contributed by atoms with E-state index in [1.807, 2.05) is 0 Å². The van der Waals surface area contributed by atoms with E-state index in [2.05, 4.69) is 10.6 Å². The summed E-state index contributed by atoms with van der Waals surface area (Å²) in [5, 5.41) is 5.68. The van der Waals surface area contributed by atoms with E-state index in [1.165, 1.54) is 24.3 Å². The highest BCUT2D eigenvalue weighted by Crippen LogP contribution is 2.07. The van der Waals surface area contributed by atoms with Crippen molar-refractivity contribution in [1.29, 1.82) is 0 Å². The Labute approximate surface area is 162 Å². The molecule has 7 heteroatoms. The van der Waals surface area contributed by atoms with Gasteiger partial charge in [0.2, 0.25) is 0 Å². The zero-order valence-corrected chi connectivity index (χ0v) is 15.5. The van der Waals surface area contributed by atoms with Gasteiger partial charge < -0.3 is 15.5 Å². The summed E-state index contributed by atoms with van der Waals surface area (Å²) in [6.07, 6.45) is 1.49. The summed E-state index contributed by atoms with van der Waals surface area (Å²) in [6.45, 7) is 1.99. The van der Waals surface area contributed by atoms with Gasteiger partial charge >= 0.3 is 0 Å². The van der Waals surface area contributed by atoms with Gasteiger partial charge in [0.15, 0.2) is 6.54 Å². The first-order valence-electron chi connectivity index (χ1n) is 9.41. The van der Waals surface area contributed by atoms with Gasteiger partial charge in [-0.3, -0.25) is 9.59 Å². The van der Waals surface area contributed by atoms with Crippen molar-refractivity contribution in [3.8, 4) is 0 Å². The quantitative estimate of drug-likeness (QED) is 0.693. The Morgan fingerprint density at radius 3 is 2.50 bits per heavy atom. The van der Waals surface area contributed by atoms with Crippen LogP contribution in [0.2, 0.25) is 0 Å². The molecule has 2 amide bonds. The van der Waals surface area contributed by atoms with E-state index in [9.17, 15) is 18.4 Å². The Kier molecular flexibility index (Phi) is 6.71. The molecule has 28 heavy (non-hydrogen) atoms. The summed E-state index contributed by atoms with van der Waals surface area (Å²) >= 11 is 0. The van der Waals surface area contributed by atoms with Crippen LogP contribution in [0.25, 0.3) is 0 Å². The Morgan fingerprint density at radius 1 is 1.04 bits per heavy atom. The molecule has 3 N–H and O–H groups in total. The Balaban J connectivity index is 1.39. The van der Waals surface area contributed by atoms with Crippen LogP contribution in [-0.2, 0) is 11.3 Å². The molecular formula is C21H24F2N3O2+. The summed E-state index contributed by atoms with van der Waals surface area (Å²) in [5.74, 6) is -1.17. The van der Waals surface area contributed by atoms with E-state index in [0.717, 1.165) is 30.8 Å². The van der Waals surface area contributed by atoms with Crippen LogP contribution >= 0.6 is 0 Å². The summed E-state index contributed by atoms with van der Waals surface area (Å²) < 4.78 is 26.8. The molecule has 1 aliphatic heterocycles. The summed E-state index contributed by atoms with van der Waals surface area (Å²) in [4.78, 5) is 25.4. The molecule has 2 aromatic rings. The second kappa shape index (κ2) is 9.41. The van der Waals surface area contributed by atoms with E-state index in [0.29, 0.717) is 17.7 Å². The number of hydrogen-bond donors (Lipinski definition) is 3. The van der Waals surface area contributed by atoms with E-state index >= 15 is 0 Å². The summed E-state index contributed by atoms with van der Waals surface area (Å²) in [5.41, 5.74) is 0.770. The van der Waals surface area contributed by atoms with E-state index in [4.69, 9.17) is 0 Å². The van der Waals surface area contributed by atoms with Crippen LogP contribution in [0.15, 0.2) is 48.5 Å². The molecule has 148 valence electrons. The minimum absolute atomic E-state index is 0.0148. The first-order chi connectivity index (χ1) is 13.5. The van der Waals surface area contributed by atoms with Gasteiger partial charge in [-0.1, -0.05) is 24.3 Å². The molecule has 5 nitrogen and oxygen atoms in total. The van der Waals surface area contributed by atoms with Crippen molar-refractivity contribution in [2.45, 2.75) is 25.4 Å². The number of amides is 2. The number of halogens is 2. The standard InChI is InChI=1S/C21H23F2N3O2/c22-17-6-3-5-15(12-17)21(28)25-18-8-10-26(11-9-18)14-20(27)24-13-16-4-1-2-7-19(16)23/h1-7,12,18H,8-11,13-14H2,(H,24,27)(H,25,28)/p+1. The number of carbonyl (C=O) groups excluding carboxylic acids is 2. The fraction of sp³-hybridized carbons (Fsp3) is 0.333. The third-order valence-electron chi connectivity index (χ3n) is 4.96. The molecule has 0 spiro atoms. The van der Waals surface area contributed by atoms with Gasteiger partial charge in [0.1, 0.15) is 11.6 Å². The van der Waals surface area contributed by atoms with Gasteiger partial charge in [-0.25, -0.2) is 8.78 Å². The van der Waals surface area contributed by atoms with Crippen LogP contribution in [0.4, 0.5) is 8.78 Å². The molecule has 0 aromatic heterocycles. The second-order valence-electron chi connectivity index (χ2n) is 7.05. The maximum Gasteiger partial charge on any atom is 0.275 e. The van der Waals surface area contributed by atoms with Crippen molar-refractivity contribution < 1.29 is 23.3 Å². The molecular weight excluding hydrogens is 364 g/mol.